The quantitative estimate of drug-likeness (QED) is 0.877. The summed E-state index contributed by atoms with van der Waals surface area (Å²) in [5, 5.41) is 9.84. The minimum absolute atomic E-state index is 0.464. The molecule has 1 aliphatic rings. The zero-order valence-corrected chi connectivity index (χ0v) is 11.5. The Kier molecular flexibility index (Phi) is 3.03. The lowest BCUT2D eigenvalue weighted by molar-refractivity contribution is 0.131. The van der Waals surface area contributed by atoms with Gasteiger partial charge in [-0.3, -0.25) is 0 Å². The Labute approximate surface area is 117 Å². The van der Waals surface area contributed by atoms with Gasteiger partial charge in [-0.2, -0.15) is 0 Å². The first-order chi connectivity index (χ1) is 9.58. The van der Waals surface area contributed by atoms with Gasteiger partial charge in [0.2, 0.25) is 0 Å². The van der Waals surface area contributed by atoms with Crippen LogP contribution in [-0.2, 0) is 0 Å². The smallest absolute Gasteiger partial charge is 0.177 e. The Bertz CT molecular complexity index is 637. The fourth-order valence-electron chi connectivity index (χ4n) is 2.08. The minimum atomic E-state index is -0.500. The summed E-state index contributed by atoms with van der Waals surface area (Å²) < 4.78 is 0. The minimum Gasteiger partial charge on any atom is -0.392 e. The number of aliphatic hydroxyl groups is 1. The van der Waals surface area contributed by atoms with Crippen molar-refractivity contribution in [3.8, 4) is 11.4 Å². The topological polar surface area (TPSA) is 61.3 Å². The molecule has 2 aromatic rings. The Balaban J connectivity index is 1.99. The van der Waals surface area contributed by atoms with E-state index >= 15 is 0 Å². The molecule has 0 spiro atoms. The van der Waals surface area contributed by atoms with E-state index in [2.05, 4.69) is 15.0 Å². The van der Waals surface area contributed by atoms with Gasteiger partial charge in [0.1, 0.15) is 5.82 Å². The third kappa shape index (κ3) is 2.18. The summed E-state index contributed by atoms with van der Waals surface area (Å²) in [5.74, 6) is 1.46. The van der Waals surface area contributed by atoms with Crippen molar-refractivity contribution in [2.24, 2.45) is 10.4 Å². The highest BCUT2D eigenvalue weighted by atomic mass is 16.3. The van der Waals surface area contributed by atoms with Crippen LogP contribution in [0.3, 0.4) is 0 Å². The average Bonchev–Trinajstić information content (AvgIpc) is 2.80. The van der Waals surface area contributed by atoms with Crippen molar-refractivity contribution in [3.05, 3.63) is 42.1 Å². The summed E-state index contributed by atoms with van der Waals surface area (Å²) in [6, 6.07) is 9.94. The lowest BCUT2D eigenvalue weighted by Crippen LogP contribution is -2.28. The molecule has 4 heteroatoms. The van der Waals surface area contributed by atoms with Crippen molar-refractivity contribution in [1.82, 2.24) is 9.97 Å². The molecule has 4 nitrogen and oxygen atoms in total. The third-order valence-electron chi connectivity index (χ3n) is 3.73. The average molecular weight is 267 g/mol. The molecular weight excluding hydrogens is 250 g/mol. The van der Waals surface area contributed by atoms with Gasteiger partial charge in [-0.1, -0.05) is 36.4 Å². The highest BCUT2D eigenvalue weighted by Gasteiger charge is 2.27. The highest BCUT2D eigenvalue weighted by molar-refractivity contribution is 5.79. The van der Waals surface area contributed by atoms with E-state index < -0.39 is 11.5 Å². The van der Waals surface area contributed by atoms with Crippen LogP contribution >= 0.6 is 0 Å². The predicted octanol–water partition coefficient (Wildman–Crippen LogP) is 3.19. The molecule has 0 aliphatic carbocycles. The Morgan fingerprint density at radius 2 is 2.00 bits per heavy atom. The first-order valence-electron chi connectivity index (χ1n) is 6.66. The number of aromatic amines is 1. The first kappa shape index (κ1) is 12.8. The van der Waals surface area contributed by atoms with E-state index in [0.717, 1.165) is 17.1 Å². The van der Waals surface area contributed by atoms with Crippen molar-refractivity contribution in [1.29, 1.82) is 0 Å². The molecule has 0 radical (unpaired) electrons. The summed E-state index contributed by atoms with van der Waals surface area (Å²) in [6.45, 7) is 3.71. The van der Waals surface area contributed by atoms with Crippen molar-refractivity contribution < 1.29 is 5.11 Å². The van der Waals surface area contributed by atoms with E-state index in [9.17, 15) is 5.11 Å². The second kappa shape index (κ2) is 4.72. The maximum absolute atomic E-state index is 9.84. The Morgan fingerprint density at radius 3 is 2.70 bits per heavy atom. The monoisotopic (exact) mass is 267 g/mol. The van der Waals surface area contributed by atoms with E-state index in [1.54, 1.807) is 13.1 Å². The molecule has 0 bridgehead atoms. The number of imidazole rings is 1. The summed E-state index contributed by atoms with van der Waals surface area (Å²) >= 11 is 0. The van der Waals surface area contributed by atoms with Gasteiger partial charge < -0.3 is 10.1 Å². The van der Waals surface area contributed by atoms with Crippen molar-refractivity contribution >= 4 is 18.1 Å². The molecule has 2 N–H and O–H groups in total. The molecule has 3 rings (SSSR count). The molecule has 0 saturated heterocycles. The van der Waals surface area contributed by atoms with Crippen LogP contribution in [0.5, 0.6) is 0 Å². The number of hydrogen-bond donors (Lipinski definition) is 2. The maximum atomic E-state index is 9.84. The molecule has 0 saturated carbocycles. The van der Waals surface area contributed by atoms with E-state index in [4.69, 9.17) is 0 Å². The molecule has 102 valence electrons. The Hall–Kier alpha value is -2.20. The molecule has 2 heterocycles. The molecule has 1 aliphatic heterocycles. The number of H-pyrrole nitrogens is 1. The number of aromatic nitrogens is 2. The highest BCUT2D eigenvalue weighted by Crippen LogP contribution is 2.31. The number of rotatable bonds is 2. The van der Waals surface area contributed by atoms with Gasteiger partial charge >= 0.3 is 0 Å². The van der Waals surface area contributed by atoms with Gasteiger partial charge in [-0.25, -0.2) is 9.98 Å². The number of benzene rings is 1. The van der Waals surface area contributed by atoms with Gasteiger partial charge in [-0.05, 0) is 19.9 Å². The number of aliphatic imine (C=N–C) groups is 1. The van der Waals surface area contributed by atoms with Crippen LogP contribution in [0.1, 0.15) is 19.5 Å². The van der Waals surface area contributed by atoms with E-state index in [0.29, 0.717) is 5.82 Å². The fraction of sp³-hybridized carbons (Fsp3) is 0.250. The lowest BCUT2D eigenvalue weighted by Gasteiger charge is -2.23. The van der Waals surface area contributed by atoms with Gasteiger partial charge in [0, 0.05) is 17.2 Å². The standard InChI is InChI=1S/C16H17N3O/c1-11(20)16(2)9-8-13-15(17-10-16)19-14(18-13)12-6-4-3-5-7-12/h3-11,20H,1-2H3,(H,18,19). The summed E-state index contributed by atoms with van der Waals surface area (Å²) in [4.78, 5) is 12.2. The summed E-state index contributed by atoms with van der Waals surface area (Å²) in [7, 11) is 0. The van der Waals surface area contributed by atoms with Crippen LogP contribution < -0.4 is 0 Å². The zero-order chi connectivity index (χ0) is 14.2. The van der Waals surface area contributed by atoms with Gasteiger partial charge in [0.25, 0.3) is 0 Å². The molecule has 20 heavy (non-hydrogen) atoms. The second-order valence-corrected chi connectivity index (χ2v) is 5.32. The second-order valence-electron chi connectivity index (χ2n) is 5.32. The molecule has 0 fully saturated rings. The van der Waals surface area contributed by atoms with Crippen LogP contribution in [0.2, 0.25) is 0 Å². The molecule has 2 unspecified atom stereocenters. The first-order valence-corrected chi connectivity index (χ1v) is 6.66. The third-order valence-corrected chi connectivity index (χ3v) is 3.73. The number of aliphatic hydroxyl groups excluding tert-OH is 1. The normalized spacial score (nSPS) is 22.4. The molecule has 2 atom stereocenters. The predicted molar refractivity (Wildman–Crippen MR) is 81.0 cm³/mol. The number of hydrogen-bond acceptors (Lipinski definition) is 3. The van der Waals surface area contributed by atoms with Crippen LogP contribution in [0.15, 0.2) is 41.4 Å². The fourth-order valence-corrected chi connectivity index (χ4v) is 2.08. The molecule has 0 amide bonds. The number of fused-ring (bicyclic) bond motifs is 1. The van der Waals surface area contributed by atoms with Gasteiger partial charge in [0.15, 0.2) is 5.82 Å². The summed E-state index contributed by atoms with van der Waals surface area (Å²) in [5.41, 5.74) is 1.43. The van der Waals surface area contributed by atoms with Crippen molar-refractivity contribution in [2.45, 2.75) is 20.0 Å². The molecule has 1 aromatic carbocycles. The molecule has 1 aromatic heterocycles. The van der Waals surface area contributed by atoms with E-state index in [-0.39, 0.29) is 0 Å². The van der Waals surface area contributed by atoms with Crippen LogP contribution in [0.25, 0.3) is 17.5 Å². The Morgan fingerprint density at radius 1 is 1.25 bits per heavy atom. The number of nitrogens with zero attached hydrogens (tertiary/aromatic N) is 2. The molecular formula is C16H17N3O. The van der Waals surface area contributed by atoms with Crippen LogP contribution in [-0.4, -0.2) is 27.4 Å². The van der Waals surface area contributed by atoms with Crippen molar-refractivity contribution in [2.75, 3.05) is 0 Å². The van der Waals surface area contributed by atoms with Crippen LogP contribution in [0.4, 0.5) is 5.82 Å². The van der Waals surface area contributed by atoms with Gasteiger partial charge in [0.05, 0.1) is 11.8 Å². The zero-order valence-electron chi connectivity index (χ0n) is 11.5. The summed E-state index contributed by atoms with van der Waals surface area (Å²) in [6.07, 6.45) is 5.16. The van der Waals surface area contributed by atoms with E-state index in [1.165, 1.54) is 0 Å². The van der Waals surface area contributed by atoms with Crippen LogP contribution in [0, 0.1) is 5.41 Å². The number of nitrogens with one attached hydrogen (secondary N) is 1. The van der Waals surface area contributed by atoms with Gasteiger partial charge in [-0.15, -0.1) is 0 Å². The van der Waals surface area contributed by atoms with E-state index in [1.807, 2.05) is 49.4 Å². The lowest BCUT2D eigenvalue weighted by atomic mass is 9.86. The maximum Gasteiger partial charge on any atom is 0.177 e. The SMILES string of the molecule is CC(O)C1(C)C=Cc2[nH]c(-c3ccccc3)nc2N=C1. The van der Waals surface area contributed by atoms with Crippen molar-refractivity contribution in [3.63, 3.8) is 0 Å². The largest absolute Gasteiger partial charge is 0.392 e.